The normalized spacial score (nSPS) is 24.7. The fourth-order valence-corrected chi connectivity index (χ4v) is 8.76. The molecule has 0 bridgehead atoms. The van der Waals surface area contributed by atoms with Gasteiger partial charge >= 0.3 is 5.97 Å². The summed E-state index contributed by atoms with van der Waals surface area (Å²) in [5, 5.41) is 2.42. The quantitative estimate of drug-likeness (QED) is 0.161. The maximum atomic E-state index is 13.3. The first kappa shape index (κ1) is 27.9. The molecule has 2 fully saturated rings. The van der Waals surface area contributed by atoms with Crippen LogP contribution in [0.1, 0.15) is 12.5 Å². The second kappa shape index (κ2) is 11.1. The summed E-state index contributed by atoms with van der Waals surface area (Å²) in [6.07, 6.45) is 0.154. The lowest BCUT2D eigenvalue weighted by atomic mass is 9.95. The van der Waals surface area contributed by atoms with Gasteiger partial charge in [0, 0.05) is 5.75 Å². The molecule has 0 saturated carbocycles. The maximum absolute atomic E-state index is 13.3. The first-order chi connectivity index (χ1) is 18.0. The van der Waals surface area contributed by atoms with Gasteiger partial charge in [-0.3, -0.25) is 9.59 Å². The van der Waals surface area contributed by atoms with E-state index in [4.69, 9.17) is 39.5 Å². The van der Waals surface area contributed by atoms with Crippen LogP contribution in [0.15, 0.2) is 58.9 Å². The molecule has 0 spiro atoms. The van der Waals surface area contributed by atoms with E-state index in [1.54, 1.807) is 11.3 Å². The monoisotopic (exact) mass is 629 g/mol. The average molecular weight is 631 g/mol. The van der Waals surface area contributed by atoms with E-state index in [9.17, 15) is 14.4 Å². The number of thiazole rings is 1. The van der Waals surface area contributed by atoms with Crippen molar-refractivity contribution < 1.29 is 19.1 Å². The highest BCUT2D eigenvalue weighted by molar-refractivity contribution is 8.05. The highest BCUT2D eigenvalue weighted by Gasteiger charge is 2.66. The second-order valence-electron chi connectivity index (χ2n) is 9.14. The van der Waals surface area contributed by atoms with Gasteiger partial charge in [-0.2, -0.15) is 0 Å². The van der Waals surface area contributed by atoms with Crippen LogP contribution in [0.4, 0.5) is 0 Å². The Kier molecular flexibility index (Phi) is 8.11. The number of nitrogens with one attached hydrogen (secondary N) is 1. The van der Waals surface area contributed by atoms with Crippen LogP contribution in [0, 0.1) is 0 Å². The maximum Gasteiger partial charge on any atom is 0.330 e. The van der Waals surface area contributed by atoms with Gasteiger partial charge in [-0.25, -0.2) is 9.78 Å². The van der Waals surface area contributed by atoms with Crippen LogP contribution in [0.25, 0.3) is 10.2 Å². The lowest BCUT2D eigenvalue weighted by Crippen LogP contribution is -2.71. The van der Waals surface area contributed by atoms with Gasteiger partial charge in [0.05, 0.1) is 21.4 Å². The van der Waals surface area contributed by atoms with E-state index in [0.29, 0.717) is 5.75 Å². The topological polar surface area (TPSA) is 88.6 Å². The van der Waals surface area contributed by atoms with Crippen molar-refractivity contribution in [3.05, 3.63) is 60.2 Å². The fourth-order valence-electron chi connectivity index (χ4n) is 4.48. The zero-order chi connectivity index (χ0) is 27.1. The molecule has 3 unspecified atom stereocenters. The number of rotatable bonds is 8. The number of esters is 1. The van der Waals surface area contributed by atoms with Crippen molar-refractivity contribution in [2.75, 3.05) is 12.4 Å². The molecule has 3 heterocycles. The molecular formula is C25H22Cl3N3O4S3. The Bertz CT molecular complexity index is 1340. The number of halogens is 3. The van der Waals surface area contributed by atoms with E-state index in [2.05, 4.69) is 10.3 Å². The lowest BCUT2D eigenvalue weighted by molar-refractivity contribution is -0.164. The number of carbonyl (C=O) groups excluding carboxylic acids is 3. The summed E-state index contributed by atoms with van der Waals surface area (Å²) in [6, 6.07) is 15.5. The molecule has 2 aliphatic heterocycles. The molecule has 38 heavy (non-hydrogen) atoms. The minimum atomic E-state index is -1.78. The number of carbonyl (C=O) groups is 3. The predicted molar refractivity (Wildman–Crippen MR) is 154 cm³/mol. The Morgan fingerprint density at radius 3 is 2.58 bits per heavy atom. The van der Waals surface area contributed by atoms with Gasteiger partial charge in [0.1, 0.15) is 24.1 Å². The molecular weight excluding hydrogens is 609 g/mol. The van der Waals surface area contributed by atoms with Crippen LogP contribution in [0.2, 0.25) is 0 Å². The number of aromatic nitrogens is 1. The molecule has 1 N–H and O–H groups in total. The van der Waals surface area contributed by atoms with Crippen LogP contribution >= 0.6 is 69.7 Å². The lowest BCUT2D eigenvalue weighted by Gasteiger charge is -2.44. The van der Waals surface area contributed by atoms with Crippen molar-refractivity contribution in [3.63, 3.8) is 0 Å². The molecule has 3 aromatic rings. The highest BCUT2D eigenvalue weighted by atomic mass is 35.6. The number of β-lactam (4-membered cyclic amide) rings is 1. The van der Waals surface area contributed by atoms with Gasteiger partial charge < -0.3 is 15.0 Å². The van der Waals surface area contributed by atoms with E-state index in [1.807, 2.05) is 61.5 Å². The van der Waals surface area contributed by atoms with Crippen molar-refractivity contribution in [1.82, 2.24) is 15.2 Å². The molecule has 4 atom stereocenters. The predicted octanol–water partition coefficient (Wildman–Crippen LogP) is 5.07. The van der Waals surface area contributed by atoms with Crippen LogP contribution in [-0.4, -0.2) is 66.0 Å². The summed E-state index contributed by atoms with van der Waals surface area (Å²) in [6.45, 7) is 1.47. The first-order valence-electron chi connectivity index (χ1n) is 11.6. The van der Waals surface area contributed by atoms with Gasteiger partial charge in [-0.15, -0.1) is 23.1 Å². The summed E-state index contributed by atoms with van der Waals surface area (Å²) >= 11 is 21.9. The molecule has 13 heteroatoms. The van der Waals surface area contributed by atoms with Gasteiger partial charge in [0.2, 0.25) is 15.6 Å². The Morgan fingerprint density at radius 1 is 1.16 bits per heavy atom. The zero-order valence-electron chi connectivity index (χ0n) is 19.9. The Balaban J connectivity index is 1.33. The number of amides is 2. The van der Waals surface area contributed by atoms with Crippen molar-refractivity contribution in [3.8, 4) is 0 Å². The van der Waals surface area contributed by atoms with Crippen molar-refractivity contribution in [1.29, 1.82) is 0 Å². The Morgan fingerprint density at radius 2 is 1.87 bits per heavy atom. The fraction of sp³-hybridized carbons (Fsp3) is 0.360. The van der Waals surface area contributed by atoms with Crippen molar-refractivity contribution >= 4 is 97.7 Å². The molecule has 2 amide bonds. The molecule has 200 valence electrons. The van der Waals surface area contributed by atoms with E-state index in [-0.39, 0.29) is 18.2 Å². The van der Waals surface area contributed by atoms with E-state index in [1.165, 1.54) is 28.4 Å². The minimum Gasteiger partial charge on any atom is -0.460 e. The number of ether oxygens (including phenoxy) is 1. The van der Waals surface area contributed by atoms with Crippen molar-refractivity contribution in [2.24, 2.45) is 0 Å². The van der Waals surface area contributed by atoms with E-state index < -0.39 is 38.6 Å². The van der Waals surface area contributed by atoms with Crippen LogP contribution in [0.5, 0.6) is 0 Å². The van der Waals surface area contributed by atoms with Crippen molar-refractivity contribution in [2.45, 2.75) is 43.7 Å². The Hall–Kier alpha value is -1.69. The number of benzene rings is 2. The summed E-state index contributed by atoms with van der Waals surface area (Å²) in [4.78, 5) is 45.3. The van der Waals surface area contributed by atoms with Gasteiger partial charge in [0.15, 0.2) is 4.34 Å². The van der Waals surface area contributed by atoms with Crippen LogP contribution in [-0.2, 0) is 25.5 Å². The third-order valence-corrected chi connectivity index (χ3v) is 10.9. The molecule has 2 aromatic carbocycles. The SMILES string of the molecule is CC1(CSc2nc3ccccc3s2)S[C@H]2C(NC(=O)Cc3ccccc3)C(=O)N2C1C(=O)OCC(Cl)(Cl)Cl. The standard InChI is InChI=1S/C25H22Cl3N3O4S3/c1-24(13-36-23-29-15-9-5-6-10-16(15)37-23)19(22(34)35-12-25(26,27)28)31-20(33)18(21(31)38-24)30-17(32)11-14-7-3-2-4-8-14/h2-10,18-19,21H,11-13H2,1H3,(H,30,32)/t18?,19?,21-,24?/m0/s1. The van der Waals surface area contributed by atoms with Gasteiger partial charge in [-0.1, -0.05) is 89.0 Å². The third-order valence-electron chi connectivity index (χ3n) is 6.21. The third kappa shape index (κ3) is 5.90. The minimum absolute atomic E-state index is 0.154. The summed E-state index contributed by atoms with van der Waals surface area (Å²) in [7, 11) is 0. The molecule has 0 radical (unpaired) electrons. The Labute approximate surface area is 246 Å². The number of hydrogen-bond acceptors (Lipinski definition) is 8. The first-order valence-corrected chi connectivity index (χ1v) is 15.4. The number of hydrogen-bond donors (Lipinski definition) is 1. The summed E-state index contributed by atoms with van der Waals surface area (Å²) < 4.78 is 4.73. The molecule has 1 aromatic heterocycles. The smallest absolute Gasteiger partial charge is 0.330 e. The number of nitrogens with zero attached hydrogens (tertiary/aromatic N) is 2. The summed E-state index contributed by atoms with van der Waals surface area (Å²) in [5.74, 6) is -0.784. The van der Waals surface area contributed by atoms with Crippen LogP contribution < -0.4 is 5.32 Å². The zero-order valence-corrected chi connectivity index (χ0v) is 24.7. The number of para-hydroxylation sites is 1. The second-order valence-corrected chi connectivity index (χ2v) is 15.6. The highest BCUT2D eigenvalue weighted by Crippen LogP contribution is 2.53. The van der Waals surface area contributed by atoms with Crippen LogP contribution in [0.3, 0.4) is 0 Å². The van der Waals surface area contributed by atoms with E-state index >= 15 is 0 Å². The largest absolute Gasteiger partial charge is 0.460 e. The molecule has 2 saturated heterocycles. The molecule has 5 rings (SSSR count). The number of thioether (sulfide) groups is 2. The average Bonchev–Trinajstić information content (AvgIpc) is 3.42. The molecule has 7 nitrogen and oxygen atoms in total. The number of fused-ring (bicyclic) bond motifs is 2. The molecule has 2 aliphatic rings. The van der Waals surface area contributed by atoms with Gasteiger partial charge in [-0.05, 0) is 24.6 Å². The number of alkyl halides is 3. The van der Waals surface area contributed by atoms with E-state index in [0.717, 1.165) is 20.1 Å². The van der Waals surface area contributed by atoms with Gasteiger partial charge in [0.25, 0.3) is 0 Å². The summed E-state index contributed by atoms with van der Waals surface area (Å²) in [5.41, 5.74) is 1.75. The molecule has 0 aliphatic carbocycles.